The van der Waals surface area contributed by atoms with Gasteiger partial charge in [-0.05, 0) is 18.2 Å². The Morgan fingerprint density at radius 2 is 2.33 bits per heavy atom. The highest BCUT2D eigenvalue weighted by Gasteiger charge is 2.13. The first-order valence-electron chi connectivity index (χ1n) is 5.34. The van der Waals surface area contributed by atoms with Gasteiger partial charge >= 0.3 is 5.97 Å². The summed E-state index contributed by atoms with van der Waals surface area (Å²) in [6.45, 7) is 0.155. The third-order valence-corrected chi connectivity index (χ3v) is 2.14. The van der Waals surface area contributed by atoms with Crippen molar-refractivity contribution < 1.29 is 23.8 Å². The molecule has 0 saturated heterocycles. The number of rotatable bonds is 7. The number of amides is 1. The maximum Gasteiger partial charge on any atom is 0.323 e. The normalized spacial score (nSPS) is 10.7. The van der Waals surface area contributed by atoms with Gasteiger partial charge in [0.05, 0.1) is 12.9 Å². The molecule has 0 aliphatic heterocycles. The van der Waals surface area contributed by atoms with E-state index in [-0.39, 0.29) is 19.7 Å². The SMILES string of the molecule is COCCN(CC(=O)O)C(=O)/C=C/c1ccco1. The first-order valence-corrected chi connectivity index (χ1v) is 5.34. The van der Waals surface area contributed by atoms with E-state index in [1.807, 2.05) is 0 Å². The second-order valence-electron chi connectivity index (χ2n) is 3.50. The topological polar surface area (TPSA) is 80.0 Å². The fraction of sp³-hybridized carbons (Fsp3) is 0.333. The van der Waals surface area contributed by atoms with Gasteiger partial charge in [0.15, 0.2) is 0 Å². The van der Waals surface area contributed by atoms with E-state index in [0.29, 0.717) is 5.76 Å². The molecule has 0 aromatic carbocycles. The largest absolute Gasteiger partial charge is 0.480 e. The van der Waals surface area contributed by atoms with Crippen LogP contribution in [0.25, 0.3) is 6.08 Å². The van der Waals surface area contributed by atoms with Gasteiger partial charge in [0.2, 0.25) is 5.91 Å². The maximum atomic E-state index is 11.8. The summed E-state index contributed by atoms with van der Waals surface area (Å²) in [5.41, 5.74) is 0. The number of aliphatic carboxylic acids is 1. The minimum atomic E-state index is -1.06. The molecule has 0 aliphatic carbocycles. The van der Waals surface area contributed by atoms with Crippen molar-refractivity contribution in [1.82, 2.24) is 4.90 Å². The summed E-state index contributed by atoms with van der Waals surface area (Å²) in [5.74, 6) is -0.929. The van der Waals surface area contributed by atoms with Gasteiger partial charge in [-0.3, -0.25) is 9.59 Å². The fourth-order valence-electron chi connectivity index (χ4n) is 1.28. The molecule has 0 spiro atoms. The van der Waals surface area contributed by atoms with Gasteiger partial charge in [0.25, 0.3) is 0 Å². The van der Waals surface area contributed by atoms with Gasteiger partial charge in [-0.15, -0.1) is 0 Å². The zero-order chi connectivity index (χ0) is 13.4. The van der Waals surface area contributed by atoms with E-state index in [1.165, 1.54) is 30.4 Å². The molecule has 98 valence electrons. The summed E-state index contributed by atoms with van der Waals surface area (Å²) >= 11 is 0. The lowest BCUT2D eigenvalue weighted by Gasteiger charge is -2.18. The van der Waals surface area contributed by atoms with Gasteiger partial charge in [-0.25, -0.2) is 0 Å². The lowest BCUT2D eigenvalue weighted by molar-refractivity contribution is -0.143. The molecule has 1 N–H and O–H groups in total. The molecule has 1 heterocycles. The number of furan rings is 1. The summed E-state index contributed by atoms with van der Waals surface area (Å²) in [5, 5.41) is 8.71. The van der Waals surface area contributed by atoms with Crippen LogP contribution < -0.4 is 0 Å². The van der Waals surface area contributed by atoms with Gasteiger partial charge in [-0.2, -0.15) is 0 Å². The highest BCUT2D eigenvalue weighted by Crippen LogP contribution is 2.03. The van der Waals surface area contributed by atoms with Crippen molar-refractivity contribution in [2.45, 2.75) is 0 Å². The minimum Gasteiger partial charge on any atom is -0.480 e. The van der Waals surface area contributed by atoms with Crippen molar-refractivity contribution in [2.75, 3.05) is 26.8 Å². The Morgan fingerprint density at radius 1 is 1.56 bits per heavy atom. The van der Waals surface area contributed by atoms with E-state index < -0.39 is 11.9 Å². The van der Waals surface area contributed by atoms with Crippen LogP contribution in [-0.4, -0.2) is 48.7 Å². The quantitative estimate of drug-likeness (QED) is 0.729. The van der Waals surface area contributed by atoms with Gasteiger partial charge in [0, 0.05) is 19.7 Å². The van der Waals surface area contributed by atoms with Crippen molar-refractivity contribution in [3.05, 3.63) is 30.2 Å². The van der Waals surface area contributed by atoms with Crippen molar-refractivity contribution in [2.24, 2.45) is 0 Å². The summed E-state index contributed by atoms with van der Waals surface area (Å²) in [4.78, 5) is 23.6. The van der Waals surface area contributed by atoms with E-state index >= 15 is 0 Å². The Morgan fingerprint density at radius 3 is 2.89 bits per heavy atom. The highest BCUT2D eigenvalue weighted by atomic mass is 16.5. The number of ether oxygens (including phenoxy) is 1. The van der Waals surface area contributed by atoms with Crippen LogP contribution in [0.1, 0.15) is 5.76 Å². The zero-order valence-electron chi connectivity index (χ0n) is 10.0. The van der Waals surface area contributed by atoms with Crippen LogP contribution in [0.15, 0.2) is 28.9 Å². The molecular formula is C12H15NO5. The van der Waals surface area contributed by atoms with E-state index in [0.717, 1.165) is 0 Å². The molecule has 0 fully saturated rings. The van der Waals surface area contributed by atoms with Crippen molar-refractivity contribution >= 4 is 18.0 Å². The molecule has 6 nitrogen and oxygen atoms in total. The fourth-order valence-corrected chi connectivity index (χ4v) is 1.28. The number of hydrogen-bond donors (Lipinski definition) is 1. The summed E-state index contributed by atoms with van der Waals surface area (Å²) in [6, 6.07) is 3.39. The Bertz CT molecular complexity index is 410. The van der Waals surface area contributed by atoms with E-state index in [2.05, 4.69) is 0 Å². The number of hydrogen-bond acceptors (Lipinski definition) is 4. The molecule has 1 aromatic heterocycles. The smallest absolute Gasteiger partial charge is 0.323 e. The molecule has 1 amide bonds. The number of nitrogens with zero attached hydrogens (tertiary/aromatic N) is 1. The number of carbonyl (C=O) groups excluding carboxylic acids is 1. The van der Waals surface area contributed by atoms with Gasteiger partial charge in [0.1, 0.15) is 12.3 Å². The molecule has 0 unspecified atom stereocenters. The first-order chi connectivity index (χ1) is 8.63. The molecule has 0 saturated carbocycles. The van der Waals surface area contributed by atoms with Crippen molar-refractivity contribution in [3.63, 3.8) is 0 Å². The summed E-state index contributed by atoms with van der Waals surface area (Å²) < 4.78 is 9.85. The number of carbonyl (C=O) groups is 2. The van der Waals surface area contributed by atoms with E-state index in [1.54, 1.807) is 12.1 Å². The monoisotopic (exact) mass is 253 g/mol. The second-order valence-corrected chi connectivity index (χ2v) is 3.50. The summed E-state index contributed by atoms with van der Waals surface area (Å²) in [7, 11) is 1.49. The third-order valence-electron chi connectivity index (χ3n) is 2.14. The van der Waals surface area contributed by atoms with Crippen LogP contribution in [-0.2, 0) is 14.3 Å². The van der Waals surface area contributed by atoms with Crippen molar-refractivity contribution in [3.8, 4) is 0 Å². The van der Waals surface area contributed by atoms with Crippen LogP contribution >= 0.6 is 0 Å². The molecule has 0 radical (unpaired) electrons. The maximum absolute atomic E-state index is 11.8. The molecule has 0 atom stereocenters. The van der Waals surface area contributed by atoms with Crippen molar-refractivity contribution in [1.29, 1.82) is 0 Å². The second kappa shape index (κ2) is 7.29. The van der Waals surface area contributed by atoms with Crippen LogP contribution in [0.4, 0.5) is 0 Å². The van der Waals surface area contributed by atoms with E-state index in [4.69, 9.17) is 14.3 Å². The van der Waals surface area contributed by atoms with E-state index in [9.17, 15) is 9.59 Å². The molecule has 1 aromatic rings. The minimum absolute atomic E-state index is 0.226. The molecule has 0 aliphatic rings. The molecule has 6 heteroatoms. The van der Waals surface area contributed by atoms with Crippen LogP contribution in [0.3, 0.4) is 0 Å². The van der Waals surface area contributed by atoms with Gasteiger partial charge in [-0.1, -0.05) is 0 Å². The average molecular weight is 253 g/mol. The lowest BCUT2D eigenvalue weighted by atomic mass is 10.3. The number of carboxylic acid groups (broad SMARTS) is 1. The summed E-state index contributed by atoms with van der Waals surface area (Å²) in [6.07, 6.45) is 4.26. The Balaban J connectivity index is 2.60. The van der Waals surface area contributed by atoms with Crippen LogP contribution in [0, 0.1) is 0 Å². The standard InChI is InChI=1S/C12H15NO5/c1-17-8-6-13(9-12(15)16)11(14)5-4-10-3-2-7-18-10/h2-5,7H,6,8-9H2,1H3,(H,15,16)/b5-4+. The predicted molar refractivity (Wildman–Crippen MR) is 63.8 cm³/mol. The zero-order valence-corrected chi connectivity index (χ0v) is 10.0. The Hall–Kier alpha value is -2.08. The number of methoxy groups -OCH3 is 1. The average Bonchev–Trinajstić information content (AvgIpc) is 2.84. The third kappa shape index (κ3) is 4.84. The Labute approximate surface area is 104 Å². The number of carboxylic acids is 1. The predicted octanol–water partition coefficient (Wildman–Crippen LogP) is 0.852. The molecule has 0 bridgehead atoms. The first kappa shape index (κ1) is 14.0. The van der Waals surface area contributed by atoms with Crippen LogP contribution in [0.5, 0.6) is 0 Å². The molecule has 18 heavy (non-hydrogen) atoms. The highest BCUT2D eigenvalue weighted by molar-refractivity contribution is 5.93. The van der Waals surface area contributed by atoms with Crippen LogP contribution in [0.2, 0.25) is 0 Å². The molecular weight excluding hydrogens is 238 g/mol. The van der Waals surface area contributed by atoms with Gasteiger partial charge < -0.3 is 19.2 Å². The lowest BCUT2D eigenvalue weighted by Crippen LogP contribution is -2.36. The Kier molecular flexibility index (Phi) is 5.66. The molecule has 1 rings (SSSR count).